The number of nitrogens with zero attached hydrogens (tertiary/aromatic N) is 1. The topological polar surface area (TPSA) is 54.0 Å². The minimum Gasteiger partial charge on any atom is -0.385 e. The van der Waals surface area contributed by atoms with Crippen molar-refractivity contribution in [3.05, 3.63) is 45.9 Å². The van der Waals surface area contributed by atoms with E-state index in [0.29, 0.717) is 12.1 Å². The zero-order valence-corrected chi connectivity index (χ0v) is 13.5. The predicted octanol–water partition coefficient (Wildman–Crippen LogP) is 3.42. The van der Waals surface area contributed by atoms with Crippen LogP contribution < -0.4 is 10.6 Å². The SMILES string of the molecule is CCNc1ccc(C(=O)NCC(C)c2nccs2)cc1C. The summed E-state index contributed by atoms with van der Waals surface area (Å²) in [6.07, 6.45) is 1.79. The summed E-state index contributed by atoms with van der Waals surface area (Å²) in [7, 11) is 0. The highest BCUT2D eigenvalue weighted by atomic mass is 32.1. The van der Waals surface area contributed by atoms with Gasteiger partial charge in [-0.2, -0.15) is 0 Å². The van der Waals surface area contributed by atoms with Crippen LogP contribution in [0.25, 0.3) is 0 Å². The summed E-state index contributed by atoms with van der Waals surface area (Å²) in [5.74, 6) is 0.195. The van der Waals surface area contributed by atoms with Crippen LogP contribution in [0, 0.1) is 6.92 Å². The minimum atomic E-state index is -0.0374. The lowest BCUT2D eigenvalue weighted by Gasteiger charge is -2.12. The number of anilines is 1. The van der Waals surface area contributed by atoms with E-state index in [9.17, 15) is 4.79 Å². The molecule has 1 atom stereocenters. The van der Waals surface area contributed by atoms with Crippen molar-refractivity contribution < 1.29 is 4.79 Å². The van der Waals surface area contributed by atoms with E-state index >= 15 is 0 Å². The highest BCUT2D eigenvalue weighted by molar-refractivity contribution is 7.09. The van der Waals surface area contributed by atoms with E-state index < -0.39 is 0 Å². The van der Waals surface area contributed by atoms with Crippen LogP contribution in [0.3, 0.4) is 0 Å². The fourth-order valence-electron chi connectivity index (χ4n) is 2.11. The molecule has 112 valence electrons. The number of benzene rings is 1. The normalized spacial score (nSPS) is 12.0. The zero-order valence-electron chi connectivity index (χ0n) is 12.6. The van der Waals surface area contributed by atoms with Crippen LogP contribution >= 0.6 is 11.3 Å². The number of hydrogen-bond acceptors (Lipinski definition) is 4. The van der Waals surface area contributed by atoms with Gasteiger partial charge in [-0.1, -0.05) is 6.92 Å². The first kappa shape index (κ1) is 15.5. The monoisotopic (exact) mass is 303 g/mol. The second-order valence-corrected chi connectivity index (χ2v) is 5.97. The lowest BCUT2D eigenvalue weighted by atomic mass is 10.1. The van der Waals surface area contributed by atoms with Crippen LogP contribution in [-0.2, 0) is 0 Å². The summed E-state index contributed by atoms with van der Waals surface area (Å²) < 4.78 is 0. The number of aryl methyl sites for hydroxylation is 1. The third-order valence-corrected chi connectivity index (χ3v) is 4.30. The van der Waals surface area contributed by atoms with Gasteiger partial charge in [-0.25, -0.2) is 4.98 Å². The van der Waals surface area contributed by atoms with E-state index in [0.717, 1.165) is 22.8 Å². The van der Waals surface area contributed by atoms with E-state index in [1.54, 1.807) is 17.5 Å². The van der Waals surface area contributed by atoms with Gasteiger partial charge in [0.25, 0.3) is 5.91 Å². The Morgan fingerprint density at radius 3 is 2.86 bits per heavy atom. The van der Waals surface area contributed by atoms with Crippen molar-refractivity contribution in [2.75, 3.05) is 18.4 Å². The van der Waals surface area contributed by atoms with Crippen LogP contribution in [0.15, 0.2) is 29.8 Å². The molecule has 4 nitrogen and oxygen atoms in total. The molecule has 0 fully saturated rings. The van der Waals surface area contributed by atoms with Gasteiger partial charge in [-0.3, -0.25) is 4.79 Å². The Hall–Kier alpha value is -1.88. The number of aromatic nitrogens is 1. The standard InChI is InChI=1S/C16H21N3OS/c1-4-17-14-6-5-13(9-11(14)2)15(20)19-10-12(3)16-18-7-8-21-16/h5-9,12,17H,4,10H2,1-3H3,(H,19,20). The molecular formula is C16H21N3OS. The Morgan fingerprint density at radius 1 is 1.43 bits per heavy atom. The van der Waals surface area contributed by atoms with E-state index in [1.165, 1.54) is 0 Å². The fraction of sp³-hybridized carbons (Fsp3) is 0.375. The Morgan fingerprint density at radius 2 is 2.24 bits per heavy atom. The minimum absolute atomic E-state index is 0.0374. The molecular weight excluding hydrogens is 282 g/mol. The van der Waals surface area contributed by atoms with Crippen molar-refractivity contribution >= 4 is 22.9 Å². The molecule has 1 amide bonds. The smallest absolute Gasteiger partial charge is 0.251 e. The molecule has 0 bridgehead atoms. The summed E-state index contributed by atoms with van der Waals surface area (Å²) >= 11 is 1.62. The summed E-state index contributed by atoms with van der Waals surface area (Å²) in [6, 6.07) is 5.73. The zero-order chi connectivity index (χ0) is 15.2. The molecule has 2 N–H and O–H groups in total. The Balaban J connectivity index is 1.95. The lowest BCUT2D eigenvalue weighted by Crippen LogP contribution is -2.27. The molecule has 0 aliphatic carbocycles. The van der Waals surface area contributed by atoms with Crippen LogP contribution in [0.1, 0.15) is 40.7 Å². The van der Waals surface area contributed by atoms with Crippen molar-refractivity contribution in [3.63, 3.8) is 0 Å². The fourth-order valence-corrected chi connectivity index (χ4v) is 2.81. The van der Waals surface area contributed by atoms with E-state index in [-0.39, 0.29) is 11.8 Å². The number of carbonyl (C=O) groups is 1. The maximum Gasteiger partial charge on any atom is 0.251 e. The largest absolute Gasteiger partial charge is 0.385 e. The molecule has 2 aromatic rings. The van der Waals surface area contributed by atoms with Gasteiger partial charge < -0.3 is 10.6 Å². The van der Waals surface area contributed by atoms with Gasteiger partial charge in [0.15, 0.2) is 0 Å². The summed E-state index contributed by atoms with van der Waals surface area (Å²) in [5, 5.41) is 9.25. The second kappa shape index (κ2) is 7.22. The molecule has 0 saturated heterocycles. The van der Waals surface area contributed by atoms with Crippen LogP contribution in [0.5, 0.6) is 0 Å². The maximum atomic E-state index is 12.2. The first-order chi connectivity index (χ1) is 10.1. The highest BCUT2D eigenvalue weighted by Gasteiger charge is 2.12. The molecule has 21 heavy (non-hydrogen) atoms. The van der Waals surface area contributed by atoms with Crippen LogP contribution in [-0.4, -0.2) is 24.0 Å². The molecule has 0 radical (unpaired) electrons. The maximum absolute atomic E-state index is 12.2. The molecule has 2 rings (SSSR count). The van der Waals surface area contributed by atoms with Crippen molar-refractivity contribution in [1.82, 2.24) is 10.3 Å². The number of rotatable bonds is 6. The summed E-state index contributed by atoms with van der Waals surface area (Å²) in [4.78, 5) is 16.5. The van der Waals surface area contributed by atoms with Gasteiger partial charge in [0, 0.05) is 41.8 Å². The van der Waals surface area contributed by atoms with Gasteiger partial charge in [0.05, 0.1) is 5.01 Å². The lowest BCUT2D eigenvalue weighted by molar-refractivity contribution is 0.0951. The number of nitrogens with one attached hydrogen (secondary N) is 2. The van der Waals surface area contributed by atoms with Gasteiger partial charge in [0.1, 0.15) is 0 Å². The quantitative estimate of drug-likeness (QED) is 0.860. The van der Waals surface area contributed by atoms with Crippen molar-refractivity contribution in [2.45, 2.75) is 26.7 Å². The highest BCUT2D eigenvalue weighted by Crippen LogP contribution is 2.18. The molecule has 0 saturated carbocycles. The first-order valence-electron chi connectivity index (χ1n) is 7.14. The van der Waals surface area contributed by atoms with Gasteiger partial charge in [0.2, 0.25) is 0 Å². The molecule has 1 aromatic heterocycles. The second-order valence-electron chi connectivity index (χ2n) is 5.04. The third-order valence-electron chi connectivity index (χ3n) is 3.30. The van der Waals surface area contributed by atoms with E-state index in [1.807, 2.05) is 30.5 Å². The third kappa shape index (κ3) is 4.04. The molecule has 0 aliphatic rings. The molecule has 0 aliphatic heterocycles. The first-order valence-corrected chi connectivity index (χ1v) is 8.02. The number of carbonyl (C=O) groups excluding carboxylic acids is 1. The molecule has 1 unspecified atom stereocenters. The Kier molecular flexibility index (Phi) is 5.33. The number of amides is 1. The number of thiazole rings is 1. The Bertz CT molecular complexity index is 596. The molecule has 1 aromatic carbocycles. The van der Waals surface area contributed by atoms with Crippen LogP contribution in [0.4, 0.5) is 5.69 Å². The van der Waals surface area contributed by atoms with Gasteiger partial charge in [-0.05, 0) is 37.6 Å². The van der Waals surface area contributed by atoms with Crippen molar-refractivity contribution in [2.24, 2.45) is 0 Å². The van der Waals surface area contributed by atoms with Gasteiger partial charge in [-0.15, -0.1) is 11.3 Å². The molecule has 1 heterocycles. The van der Waals surface area contributed by atoms with Crippen molar-refractivity contribution in [3.8, 4) is 0 Å². The van der Waals surface area contributed by atoms with E-state index in [4.69, 9.17) is 0 Å². The average Bonchev–Trinajstić information content (AvgIpc) is 3.01. The number of hydrogen-bond donors (Lipinski definition) is 2. The van der Waals surface area contributed by atoms with Gasteiger partial charge >= 0.3 is 0 Å². The molecule has 5 heteroatoms. The summed E-state index contributed by atoms with van der Waals surface area (Å²) in [6.45, 7) is 7.60. The molecule has 0 spiro atoms. The van der Waals surface area contributed by atoms with Crippen molar-refractivity contribution in [1.29, 1.82) is 0 Å². The summed E-state index contributed by atoms with van der Waals surface area (Å²) in [5.41, 5.74) is 2.85. The Labute approximate surface area is 129 Å². The average molecular weight is 303 g/mol. The van der Waals surface area contributed by atoms with E-state index in [2.05, 4.69) is 29.5 Å². The van der Waals surface area contributed by atoms with Crippen LogP contribution in [0.2, 0.25) is 0 Å². The predicted molar refractivity (Wildman–Crippen MR) is 88.2 cm³/mol.